The van der Waals surface area contributed by atoms with Crippen molar-refractivity contribution in [3.8, 4) is 0 Å². The molecule has 0 amide bonds. The van der Waals surface area contributed by atoms with E-state index in [1.165, 1.54) is 12.4 Å². The van der Waals surface area contributed by atoms with E-state index in [0.717, 1.165) is 0 Å². The molecule has 44 valence electrons. The third kappa shape index (κ3) is 1.75. The van der Waals surface area contributed by atoms with Crippen molar-refractivity contribution in [2.24, 2.45) is 0 Å². The van der Waals surface area contributed by atoms with Crippen LogP contribution in [0.3, 0.4) is 0 Å². The molecule has 0 aliphatic carbocycles. The molecule has 0 radical (unpaired) electrons. The maximum absolute atomic E-state index is 10.1. The molecule has 0 unspecified atom stereocenters. The number of hydrogen-bond donors (Lipinski definition) is 1. The fourth-order valence-corrected chi connectivity index (χ4v) is 0.310. The lowest BCUT2D eigenvalue weighted by Crippen LogP contribution is -2.05. The topological polar surface area (TPSA) is 45.8 Å². The molecular formula is C4H5ClN2O. The van der Waals surface area contributed by atoms with Crippen LogP contribution in [0, 0.1) is 0 Å². The van der Waals surface area contributed by atoms with Crippen molar-refractivity contribution in [1.82, 2.24) is 9.97 Å². The fraction of sp³-hybridized carbons (Fsp3) is 0. The highest BCUT2D eigenvalue weighted by atomic mass is 35.5. The standard InChI is InChI=1S/C4H4N2O.ClH/c7-4-5-2-1-3-6-4;/h1-3H,(H,5,6,7);1H/i5+1,6+1;. The molecule has 1 aromatic rings. The molecule has 0 atom stereocenters. The summed E-state index contributed by atoms with van der Waals surface area (Å²) in [6.45, 7) is 0. The maximum atomic E-state index is 10.1. The SMILES string of the molecule is Cl.O=c1[15n]ccc[15nH]1. The van der Waals surface area contributed by atoms with E-state index < -0.39 is 0 Å². The Morgan fingerprint density at radius 1 is 1.62 bits per heavy atom. The van der Waals surface area contributed by atoms with E-state index in [0.29, 0.717) is 0 Å². The normalized spacial score (nSPS) is 7.50. The van der Waals surface area contributed by atoms with Crippen LogP contribution in [0.2, 0.25) is 0 Å². The van der Waals surface area contributed by atoms with Crippen LogP contribution in [0.25, 0.3) is 0 Å². The van der Waals surface area contributed by atoms with Crippen molar-refractivity contribution in [1.29, 1.82) is 0 Å². The average Bonchev–Trinajstić information content (AvgIpc) is 1.69. The molecule has 0 aliphatic rings. The lowest BCUT2D eigenvalue weighted by atomic mass is 10.7. The monoisotopic (exact) mass is 134 g/mol. The van der Waals surface area contributed by atoms with Gasteiger partial charge in [-0.1, -0.05) is 0 Å². The molecule has 0 spiro atoms. The van der Waals surface area contributed by atoms with Crippen molar-refractivity contribution in [3.05, 3.63) is 28.9 Å². The van der Waals surface area contributed by atoms with Gasteiger partial charge in [-0.05, 0) is 6.07 Å². The first-order valence-corrected chi connectivity index (χ1v) is 1.89. The van der Waals surface area contributed by atoms with Crippen LogP contribution >= 0.6 is 12.4 Å². The number of hydrogen-bond acceptors (Lipinski definition) is 2. The summed E-state index contributed by atoms with van der Waals surface area (Å²) in [7, 11) is 0. The molecule has 0 bridgehead atoms. The predicted molar refractivity (Wildman–Crippen MR) is 32.1 cm³/mol. The van der Waals surface area contributed by atoms with Gasteiger partial charge < -0.3 is 4.98 Å². The van der Waals surface area contributed by atoms with Crippen LogP contribution in [0.15, 0.2) is 23.3 Å². The second kappa shape index (κ2) is 3.21. The minimum absolute atomic E-state index is 0. The van der Waals surface area contributed by atoms with E-state index in [2.05, 4.69) is 9.97 Å². The van der Waals surface area contributed by atoms with Gasteiger partial charge in [-0.2, -0.15) is 0 Å². The Bertz CT molecular complexity index is 180. The molecule has 0 saturated carbocycles. The zero-order valence-corrected chi connectivity index (χ0v) is 4.81. The first-order chi connectivity index (χ1) is 3.39. The lowest BCUT2D eigenvalue weighted by molar-refractivity contribution is 1.08. The smallest absolute Gasteiger partial charge is 0.313 e. The molecule has 0 saturated heterocycles. The first-order valence-electron chi connectivity index (χ1n) is 1.89. The highest BCUT2D eigenvalue weighted by Crippen LogP contribution is 1.60. The number of aromatic amines is 1. The van der Waals surface area contributed by atoms with Crippen molar-refractivity contribution < 1.29 is 0 Å². The zero-order chi connectivity index (χ0) is 5.11. The average molecular weight is 135 g/mol. The Morgan fingerprint density at radius 3 is 2.62 bits per heavy atom. The highest BCUT2D eigenvalue weighted by molar-refractivity contribution is 5.85. The summed E-state index contributed by atoms with van der Waals surface area (Å²) < 4.78 is 0. The number of nitrogens with zero attached hydrogens (tertiary/aromatic N) is 1. The van der Waals surface area contributed by atoms with Gasteiger partial charge >= 0.3 is 5.69 Å². The second-order valence-electron chi connectivity index (χ2n) is 1.09. The molecule has 1 heterocycles. The van der Waals surface area contributed by atoms with Gasteiger partial charge in [-0.15, -0.1) is 12.4 Å². The summed E-state index contributed by atoms with van der Waals surface area (Å²) in [5.74, 6) is 0. The number of halogens is 1. The number of nitrogens with one attached hydrogen (secondary N) is 1. The number of rotatable bonds is 0. The Labute approximate surface area is 52.2 Å². The Morgan fingerprint density at radius 2 is 2.38 bits per heavy atom. The van der Waals surface area contributed by atoms with Crippen LogP contribution in [0.4, 0.5) is 0 Å². The molecule has 4 heteroatoms. The summed E-state index contributed by atoms with van der Waals surface area (Å²) in [6, 6.07) is 1.65. The highest BCUT2D eigenvalue weighted by Gasteiger charge is 1.70. The van der Waals surface area contributed by atoms with Crippen molar-refractivity contribution in [3.63, 3.8) is 0 Å². The van der Waals surface area contributed by atoms with Gasteiger partial charge in [-0.3, -0.25) is 0 Å². The lowest BCUT2D eigenvalue weighted by Gasteiger charge is -1.72. The molecule has 1 aromatic heterocycles. The van der Waals surface area contributed by atoms with Gasteiger partial charge in [0.1, 0.15) is 0 Å². The zero-order valence-electron chi connectivity index (χ0n) is 4.00. The van der Waals surface area contributed by atoms with Crippen molar-refractivity contribution in [2.45, 2.75) is 0 Å². The van der Waals surface area contributed by atoms with Crippen molar-refractivity contribution >= 4 is 12.4 Å². The van der Waals surface area contributed by atoms with E-state index in [4.69, 9.17) is 0 Å². The molecule has 1 N–H and O–H groups in total. The number of H-pyrrole nitrogens is 1. The predicted octanol–water partition coefficient (Wildman–Crippen LogP) is 0.192. The minimum atomic E-state index is -0.303. The van der Waals surface area contributed by atoms with Gasteiger partial charge in [0.2, 0.25) is 0 Å². The Balaban J connectivity index is 0.000000490. The molecule has 1 rings (SSSR count). The van der Waals surface area contributed by atoms with Crippen LogP contribution in [0.5, 0.6) is 0 Å². The summed E-state index contributed by atoms with van der Waals surface area (Å²) in [5, 5.41) is 0. The molecule has 0 aliphatic heterocycles. The van der Waals surface area contributed by atoms with E-state index in [1.54, 1.807) is 6.07 Å². The summed E-state index contributed by atoms with van der Waals surface area (Å²) >= 11 is 0. The van der Waals surface area contributed by atoms with Crippen LogP contribution in [-0.4, -0.2) is 9.97 Å². The van der Waals surface area contributed by atoms with Gasteiger partial charge in [0, 0.05) is 12.4 Å². The molecule has 3 nitrogen and oxygen atoms in total. The van der Waals surface area contributed by atoms with Gasteiger partial charge in [0.05, 0.1) is 0 Å². The third-order valence-corrected chi connectivity index (χ3v) is 0.581. The van der Waals surface area contributed by atoms with E-state index >= 15 is 0 Å². The largest absolute Gasteiger partial charge is 0.344 e. The van der Waals surface area contributed by atoms with Crippen molar-refractivity contribution in [2.75, 3.05) is 0 Å². The van der Waals surface area contributed by atoms with Gasteiger partial charge in [-0.25, -0.2) is 9.78 Å². The van der Waals surface area contributed by atoms with Crippen LogP contribution in [-0.2, 0) is 0 Å². The van der Waals surface area contributed by atoms with Gasteiger partial charge in [0.15, 0.2) is 0 Å². The quantitative estimate of drug-likeness (QED) is 0.551. The maximum Gasteiger partial charge on any atom is 0.344 e. The molecule has 0 aromatic carbocycles. The molecule has 0 fully saturated rings. The summed E-state index contributed by atoms with van der Waals surface area (Å²) in [6.07, 6.45) is 2.98. The van der Waals surface area contributed by atoms with Gasteiger partial charge in [0.25, 0.3) is 0 Å². The summed E-state index contributed by atoms with van der Waals surface area (Å²) in [5.41, 5.74) is -0.303. The van der Waals surface area contributed by atoms with E-state index in [9.17, 15) is 4.79 Å². The summed E-state index contributed by atoms with van der Waals surface area (Å²) in [4.78, 5) is 15.8. The Kier molecular flexibility index (Phi) is 2.88. The molecular weight excluding hydrogens is 129 g/mol. The Hall–Kier alpha value is -0.830. The molecule has 8 heavy (non-hydrogen) atoms. The van der Waals surface area contributed by atoms with E-state index in [1.807, 2.05) is 0 Å². The van der Waals surface area contributed by atoms with Crippen LogP contribution < -0.4 is 5.69 Å². The van der Waals surface area contributed by atoms with E-state index in [-0.39, 0.29) is 18.1 Å². The minimum Gasteiger partial charge on any atom is -0.313 e. The number of aromatic nitrogens is 2. The fourth-order valence-electron chi connectivity index (χ4n) is 0.310. The third-order valence-electron chi connectivity index (χ3n) is 0.581. The first kappa shape index (κ1) is 7.17. The second-order valence-corrected chi connectivity index (χ2v) is 1.09. The van der Waals surface area contributed by atoms with Crippen LogP contribution in [0.1, 0.15) is 0 Å².